The minimum Gasteiger partial charge on any atom is -0.493 e. The second-order valence-electron chi connectivity index (χ2n) is 7.60. The third-order valence-corrected chi connectivity index (χ3v) is 6.08. The largest absolute Gasteiger partial charge is 0.493 e. The quantitative estimate of drug-likeness (QED) is 0.347. The number of carbonyl (C=O) groups excluding carboxylic acids is 3. The number of para-hydroxylation sites is 2. The predicted octanol–water partition coefficient (Wildman–Crippen LogP) is 3.23. The van der Waals surface area contributed by atoms with Crippen molar-refractivity contribution in [2.75, 3.05) is 12.0 Å². The van der Waals surface area contributed by atoms with Gasteiger partial charge in [-0.1, -0.05) is 30.4 Å². The molecule has 146 valence electrons. The number of esters is 1. The lowest BCUT2D eigenvalue weighted by Crippen LogP contribution is -2.33. The highest BCUT2D eigenvalue weighted by molar-refractivity contribution is 6.23. The van der Waals surface area contributed by atoms with Crippen molar-refractivity contribution in [1.29, 1.82) is 0 Å². The van der Waals surface area contributed by atoms with E-state index in [2.05, 4.69) is 12.2 Å². The van der Waals surface area contributed by atoms with E-state index in [4.69, 9.17) is 9.47 Å². The molecule has 6 nitrogen and oxygen atoms in total. The molecule has 2 aliphatic carbocycles. The standard InChI is InChI=1S/C23H19NO5/c1-28-17-7-2-3-8-18(17)29-23(27)15-5-4-6-16(12-15)24-21(25)19-13-9-10-14(11-13)20(19)22(24)26/h2-10,12-14,19-20H,11H2,1H3/t13-,14-,19-,20-/m0/s1. The molecule has 2 aromatic rings. The molecule has 0 unspecified atom stereocenters. The Morgan fingerprint density at radius 3 is 2.24 bits per heavy atom. The lowest BCUT2D eigenvalue weighted by atomic mass is 9.85. The molecule has 6 heteroatoms. The number of fused-ring (bicyclic) bond motifs is 5. The maximum Gasteiger partial charge on any atom is 0.343 e. The molecule has 0 N–H and O–H groups in total. The average molecular weight is 389 g/mol. The number of rotatable bonds is 4. The first kappa shape index (κ1) is 17.7. The predicted molar refractivity (Wildman–Crippen MR) is 105 cm³/mol. The van der Waals surface area contributed by atoms with Gasteiger partial charge in [0.1, 0.15) is 0 Å². The summed E-state index contributed by atoms with van der Waals surface area (Å²) in [6.07, 6.45) is 5.00. The Morgan fingerprint density at radius 1 is 0.931 bits per heavy atom. The fourth-order valence-electron chi connectivity index (χ4n) is 4.79. The molecule has 3 aliphatic rings. The zero-order valence-corrected chi connectivity index (χ0v) is 15.8. The lowest BCUT2D eigenvalue weighted by molar-refractivity contribution is -0.123. The molecule has 4 atom stereocenters. The van der Waals surface area contributed by atoms with Crippen molar-refractivity contribution >= 4 is 23.5 Å². The minimum absolute atomic E-state index is 0.144. The topological polar surface area (TPSA) is 72.9 Å². The van der Waals surface area contributed by atoms with Crippen LogP contribution in [0.5, 0.6) is 11.5 Å². The normalized spacial score (nSPS) is 26.7. The number of carbonyl (C=O) groups is 3. The molecule has 1 saturated heterocycles. The summed E-state index contributed by atoms with van der Waals surface area (Å²) in [5, 5.41) is 0. The van der Waals surface area contributed by atoms with Crippen LogP contribution in [-0.2, 0) is 9.59 Å². The monoisotopic (exact) mass is 389 g/mol. The minimum atomic E-state index is -0.586. The Labute approximate surface area is 167 Å². The number of hydrogen-bond acceptors (Lipinski definition) is 5. The van der Waals surface area contributed by atoms with E-state index in [-0.39, 0.29) is 41.0 Å². The van der Waals surface area contributed by atoms with Gasteiger partial charge in [0, 0.05) is 0 Å². The summed E-state index contributed by atoms with van der Waals surface area (Å²) in [6.45, 7) is 0. The summed E-state index contributed by atoms with van der Waals surface area (Å²) in [4.78, 5) is 39.8. The molecule has 2 amide bonds. The van der Waals surface area contributed by atoms with Gasteiger partial charge in [-0.05, 0) is 48.6 Å². The molecule has 1 heterocycles. The van der Waals surface area contributed by atoms with Crippen molar-refractivity contribution in [2.45, 2.75) is 6.42 Å². The molecular formula is C23H19NO5. The molecule has 2 bridgehead atoms. The molecule has 1 aliphatic heterocycles. The fourth-order valence-corrected chi connectivity index (χ4v) is 4.79. The highest BCUT2D eigenvalue weighted by Crippen LogP contribution is 2.53. The first-order valence-electron chi connectivity index (χ1n) is 9.60. The molecule has 0 radical (unpaired) electrons. The molecule has 5 rings (SSSR count). The van der Waals surface area contributed by atoms with Gasteiger partial charge < -0.3 is 9.47 Å². The zero-order chi connectivity index (χ0) is 20.1. The number of methoxy groups -OCH3 is 1. The van der Waals surface area contributed by atoms with Crippen molar-refractivity contribution in [3.05, 3.63) is 66.2 Å². The number of amides is 2. The van der Waals surface area contributed by atoms with E-state index in [0.29, 0.717) is 17.2 Å². The van der Waals surface area contributed by atoms with Crippen molar-refractivity contribution in [3.63, 3.8) is 0 Å². The number of benzene rings is 2. The smallest absolute Gasteiger partial charge is 0.343 e. The van der Waals surface area contributed by atoms with Crippen LogP contribution in [0.2, 0.25) is 0 Å². The highest BCUT2D eigenvalue weighted by atomic mass is 16.6. The molecule has 29 heavy (non-hydrogen) atoms. The Bertz CT molecular complexity index is 1030. The Balaban J connectivity index is 1.41. The van der Waals surface area contributed by atoms with Crippen LogP contribution in [0.25, 0.3) is 0 Å². The summed E-state index contributed by atoms with van der Waals surface area (Å²) >= 11 is 0. The van der Waals surface area contributed by atoms with Gasteiger partial charge in [-0.2, -0.15) is 0 Å². The number of ether oxygens (including phenoxy) is 2. The zero-order valence-electron chi connectivity index (χ0n) is 15.8. The lowest BCUT2D eigenvalue weighted by Gasteiger charge is -2.18. The van der Waals surface area contributed by atoms with Crippen LogP contribution in [0.1, 0.15) is 16.8 Å². The van der Waals surface area contributed by atoms with Gasteiger partial charge in [-0.3, -0.25) is 9.59 Å². The van der Waals surface area contributed by atoms with Crippen LogP contribution in [0.3, 0.4) is 0 Å². The van der Waals surface area contributed by atoms with Gasteiger partial charge >= 0.3 is 5.97 Å². The van der Waals surface area contributed by atoms with Gasteiger partial charge in [0.15, 0.2) is 11.5 Å². The van der Waals surface area contributed by atoms with Crippen molar-refractivity contribution in [2.24, 2.45) is 23.7 Å². The molecule has 2 fully saturated rings. The van der Waals surface area contributed by atoms with E-state index in [1.807, 2.05) is 0 Å². The number of allylic oxidation sites excluding steroid dienone is 2. The molecule has 1 saturated carbocycles. The van der Waals surface area contributed by atoms with Gasteiger partial charge in [0.25, 0.3) is 0 Å². The summed E-state index contributed by atoms with van der Waals surface area (Å²) in [5.74, 6) is -0.455. The van der Waals surface area contributed by atoms with Crippen LogP contribution in [0.15, 0.2) is 60.7 Å². The Hall–Kier alpha value is -3.41. The summed E-state index contributed by atoms with van der Waals surface area (Å²) in [5.41, 5.74) is 0.662. The third-order valence-electron chi connectivity index (χ3n) is 6.08. The summed E-state index contributed by atoms with van der Waals surface area (Å²) in [7, 11) is 1.50. The van der Waals surface area contributed by atoms with Gasteiger partial charge in [-0.15, -0.1) is 0 Å². The summed E-state index contributed by atoms with van der Waals surface area (Å²) in [6, 6.07) is 13.3. The number of imide groups is 1. The van der Waals surface area contributed by atoms with Crippen LogP contribution >= 0.6 is 0 Å². The second-order valence-corrected chi connectivity index (χ2v) is 7.60. The van der Waals surface area contributed by atoms with Crippen LogP contribution in [-0.4, -0.2) is 24.9 Å². The van der Waals surface area contributed by atoms with E-state index in [1.54, 1.807) is 42.5 Å². The average Bonchev–Trinajstić information content (AvgIpc) is 3.42. The van der Waals surface area contributed by atoms with Crippen LogP contribution in [0.4, 0.5) is 5.69 Å². The molecule has 0 aromatic heterocycles. The third kappa shape index (κ3) is 2.67. The van der Waals surface area contributed by atoms with E-state index in [1.165, 1.54) is 18.1 Å². The molecular weight excluding hydrogens is 370 g/mol. The molecule has 2 aromatic carbocycles. The van der Waals surface area contributed by atoms with Crippen LogP contribution < -0.4 is 14.4 Å². The number of anilines is 1. The van der Waals surface area contributed by atoms with Crippen molar-refractivity contribution in [1.82, 2.24) is 0 Å². The highest BCUT2D eigenvalue weighted by Gasteiger charge is 2.59. The van der Waals surface area contributed by atoms with E-state index < -0.39 is 5.97 Å². The maximum atomic E-state index is 13.0. The summed E-state index contributed by atoms with van der Waals surface area (Å²) < 4.78 is 10.7. The SMILES string of the molecule is COc1ccccc1OC(=O)c1cccc(N2C(=O)[C@@H]3[C@@H](C2=O)[C@H]2C=C[C@H]3C2)c1. The fraction of sp³-hybridized carbons (Fsp3) is 0.261. The van der Waals surface area contributed by atoms with E-state index in [0.717, 1.165) is 6.42 Å². The van der Waals surface area contributed by atoms with Crippen molar-refractivity contribution in [3.8, 4) is 11.5 Å². The second kappa shape index (κ2) is 6.58. The van der Waals surface area contributed by atoms with Crippen molar-refractivity contribution < 1.29 is 23.9 Å². The van der Waals surface area contributed by atoms with Gasteiger partial charge in [0.2, 0.25) is 11.8 Å². The van der Waals surface area contributed by atoms with Crippen LogP contribution in [0, 0.1) is 23.7 Å². The first-order valence-corrected chi connectivity index (χ1v) is 9.60. The van der Waals surface area contributed by atoms with E-state index in [9.17, 15) is 14.4 Å². The Kier molecular flexibility index (Phi) is 4.01. The number of hydrogen-bond donors (Lipinski definition) is 0. The first-order chi connectivity index (χ1) is 14.1. The van der Waals surface area contributed by atoms with E-state index >= 15 is 0 Å². The molecule has 0 spiro atoms. The Morgan fingerprint density at radius 2 is 1.59 bits per heavy atom. The number of nitrogens with zero attached hydrogens (tertiary/aromatic N) is 1. The maximum absolute atomic E-state index is 13.0. The van der Waals surface area contributed by atoms with Gasteiger partial charge in [-0.25, -0.2) is 9.69 Å². The van der Waals surface area contributed by atoms with Gasteiger partial charge in [0.05, 0.1) is 30.2 Å².